The van der Waals surface area contributed by atoms with Gasteiger partial charge in [0, 0.05) is 11.1 Å². The second-order valence-electron chi connectivity index (χ2n) is 8.54. The summed E-state index contributed by atoms with van der Waals surface area (Å²) in [6, 6.07) is 15.4. The second kappa shape index (κ2) is 14.2. The fourth-order valence-corrected chi connectivity index (χ4v) is 3.55. The number of rotatable bonds is 13. The Morgan fingerprint density at radius 1 is 0.974 bits per heavy atom. The van der Waals surface area contributed by atoms with Gasteiger partial charge in [-0.25, -0.2) is 5.43 Å². The lowest BCUT2D eigenvalue weighted by molar-refractivity contribution is 0.0955. The van der Waals surface area contributed by atoms with E-state index in [9.17, 15) is 20.1 Å². The van der Waals surface area contributed by atoms with Gasteiger partial charge in [0.2, 0.25) is 5.75 Å². The number of aromatic hydroxyl groups is 1. The van der Waals surface area contributed by atoms with Gasteiger partial charge >= 0.3 is 0 Å². The number of aliphatic hydroxyl groups is 2. The van der Waals surface area contributed by atoms with Crippen molar-refractivity contribution in [2.45, 2.75) is 26.4 Å². The molecule has 0 unspecified atom stereocenters. The minimum Gasteiger partial charge on any atom is -0.506 e. The number of carbonyl (C=O) groups excluding carboxylic acids is 1. The summed E-state index contributed by atoms with van der Waals surface area (Å²) in [6.07, 6.45) is 1.38. The van der Waals surface area contributed by atoms with Gasteiger partial charge in [0.15, 0.2) is 11.5 Å². The molecule has 0 saturated heterocycles. The largest absolute Gasteiger partial charge is 0.506 e. The molecule has 4 N–H and O–H groups in total. The van der Waals surface area contributed by atoms with E-state index in [4.69, 9.17) is 25.8 Å². The Bertz CT molecular complexity index is 1220. The molecular formula is C28H31ClN2O7. The van der Waals surface area contributed by atoms with Crippen molar-refractivity contribution in [3.05, 3.63) is 81.9 Å². The third-order valence-electron chi connectivity index (χ3n) is 5.36. The molecule has 0 saturated carbocycles. The molecule has 0 bridgehead atoms. The topological polar surface area (TPSA) is 130 Å². The van der Waals surface area contributed by atoms with Crippen molar-refractivity contribution in [3.8, 4) is 23.0 Å². The van der Waals surface area contributed by atoms with Crippen LogP contribution in [0.3, 0.4) is 0 Å². The van der Waals surface area contributed by atoms with Gasteiger partial charge in [0.1, 0.15) is 25.6 Å². The summed E-state index contributed by atoms with van der Waals surface area (Å²) in [5.41, 5.74) is 5.27. The molecule has 0 spiro atoms. The number of hydrazone groups is 1. The van der Waals surface area contributed by atoms with Crippen molar-refractivity contribution < 1.29 is 34.3 Å². The Morgan fingerprint density at radius 3 is 2.16 bits per heavy atom. The summed E-state index contributed by atoms with van der Waals surface area (Å²) in [7, 11) is 0. The lowest BCUT2D eigenvalue weighted by atomic mass is 10.0. The molecule has 0 aromatic heterocycles. The Labute approximate surface area is 226 Å². The van der Waals surface area contributed by atoms with Crippen LogP contribution in [0.5, 0.6) is 23.0 Å². The molecule has 10 heteroatoms. The first-order valence-corrected chi connectivity index (χ1v) is 12.4. The molecule has 3 rings (SSSR count). The van der Waals surface area contributed by atoms with Gasteiger partial charge in [0.05, 0.1) is 24.5 Å². The maximum atomic E-state index is 12.4. The number of phenols is 1. The number of halogens is 1. The van der Waals surface area contributed by atoms with Crippen LogP contribution < -0.4 is 19.6 Å². The molecule has 3 aromatic rings. The molecule has 0 aliphatic carbocycles. The van der Waals surface area contributed by atoms with Crippen LogP contribution in [0.4, 0.5) is 0 Å². The van der Waals surface area contributed by atoms with Gasteiger partial charge in [-0.05, 0) is 47.4 Å². The first-order valence-electron chi connectivity index (χ1n) is 12.0. The predicted molar refractivity (Wildman–Crippen MR) is 145 cm³/mol. The summed E-state index contributed by atoms with van der Waals surface area (Å²) >= 11 is 5.86. The molecule has 9 nitrogen and oxygen atoms in total. The highest BCUT2D eigenvalue weighted by Crippen LogP contribution is 2.39. The first kappa shape index (κ1) is 28.8. The number of amides is 1. The first-order chi connectivity index (χ1) is 18.3. The fraction of sp³-hybridized carbons (Fsp3) is 0.286. The smallest absolute Gasteiger partial charge is 0.271 e. The maximum absolute atomic E-state index is 12.4. The molecule has 0 atom stereocenters. The summed E-state index contributed by atoms with van der Waals surface area (Å²) in [6.45, 7) is 4.08. The zero-order chi connectivity index (χ0) is 27.5. The molecule has 1 amide bonds. The summed E-state index contributed by atoms with van der Waals surface area (Å²) in [5.74, 6) is 0.657. The Morgan fingerprint density at radius 2 is 1.61 bits per heavy atom. The average molecular weight is 543 g/mol. The lowest BCUT2D eigenvalue weighted by Crippen LogP contribution is -2.17. The van der Waals surface area contributed by atoms with E-state index in [1.54, 1.807) is 12.1 Å². The number of nitrogens with zero attached hydrogens (tertiary/aromatic N) is 1. The van der Waals surface area contributed by atoms with Crippen molar-refractivity contribution in [3.63, 3.8) is 0 Å². The number of phenolic OH excluding ortho intramolecular Hbond substituents is 1. The predicted octanol–water partition coefficient (Wildman–Crippen LogP) is 4.25. The summed E-state index contributed by atoms with van der Waals surface area (Å²) in [4.78, 5) is 12.4. The lowest BCUT2D eigenvalue weighted by Gasteiger charge is -2.18. The third-order valence-corrected chi connectivity index (χ3v) is 5.66. The highest BCUT2D eigenvalue weighted by atomic mass is 35.5. The number of carbonyl (C=O) groups is 1. The molecule has 0 aliphatic heterocycles. The molecular weight excluding hydrogens is 512 g/mol. The van der Waals surface area contributed by atoms with E-state index in [1.165, 1.54) is 30.0 Å². The maximum Gasteiger partial charge on any atom is 0.271 e. The molecule has 0 aliphatic rings. The van der Waals surface area contributed by atoms with E-state index >= 15 is 0 Å². The zero-order valence-corrected chi connectivity index (χ0v) is 21.9. The van der Waals surface area contributed by atoms with Gasteiger partial charge in [-0.15, -0.1) is 0 Å². The van der Waals surface area contributed by atoms with E-state index in [2.05, 4.69) is 36.5 Å². The molecule has 3 aromatic carbocycles. The van der Waals surface area contributed by atoms with Crippen molar-refractivity contribution in [1.29, 1.82) is 0 Å². The van der Waals surface area contributed by atoms with Gasteiger partial charge in [-0.3, -0.25) is 4.79 Å². The summed E-state index contributed by atoms with van der Waals surface area (Å²) in [5, 5.41) is 32.1. The van der Waals surface area contributed by atoms with E-state index in [0.717, 1.165) is 5.56 Å². The molecule has 38 heavy (non-hydrogen) atoms. The van der Waals surface area contributed by atoms with E-state index in [0.29, 0.717) is 28.7 Å². The molecule has 0 fully saturated rings. The highest BCUT2D eigenvalue weighted by Gasteiger charge is 2.16. The van der Waals surface area contributed by atoms with Crippen LogP contribution in [0.15, 0.2) is 59.7 Å². The van der Waals surface area contributed by atoms with Crippen LogP contribution in [-0.4, -0.2) is 53.9 Å². The highest BCUT2D eigenvalue weighted by molar-refractivity contribution is 6.32. The SMILES string of the molecule is CC(C)c1ccc(COc2c(OCCO)cc(C=NNC(=O)c3ccc(O)c(Cl)c3)cc2OCCO)cc1. The minimum atomic E-state index is -0.528. The fourth-order valence-electron chi connectivity index (χ4n) is 3.37. The number of hydrogen-bond acceptors (Lipinski definition) is 8. The Kier molecular flexibility index (Phi) is 10.8. The van der Waals surface area contributed by atoms with Crippen LogP contribution in [0.1, 0.15) is 46.8 Å². The standard InChI is InChI=1S/C28H31ClN2O7/c1-18(2)21-5-3-19(4-6-21)17-38-27-25(36-11-9-32)13-20(14-26(27)37-12-10-33)16-30-31-28(35)22-7-8-24(34)23(29)15-22/h3-8,13-16,18,32-34H,9-12,17H2,1-2H3,(H,31,35). The zero-order valence-electron chi connectivity index (χ0n) is 21.2. The van der Waals surface area contributed by atoms with Gasteiger partial charge in [-0.1, -0.05) is 49.7 Å². The Balaban J connectivity index is 1.82. The van der Waals surface area contributed by atoms with Crippen LogP contribution in [0.25, 0.3) is 0 Å². The monoisotopic (exact) mass is 542 g/mol. The molecule has 0 heterocycles. The number of benzene rings is 3. The normalized spacial score (nSPS) is 11.1. The van der Waals surface area contributed by atoms with Gasteiger partial charge in [0.25, 0.3) is 5.91 Å². The Hall–Kier alpha value is -3.79. The molecule has 202 valence electrons. The number of ether oxygens (including phenoxy) is 3. The average Bonchev–Trinajstić information content (AvgIpc) is 2.91. The van der Waals surface area contributed by atoms with Crippen LogP contribution >= 0.6 is 11.6 Å². The van der Waals surface area contributed by atoms with Crippen molar-refractivity contribution >= 4 is 23.7 Å². The van der Waals surface area contributed by atoms with Crippen LogP contribution in [-0.2, 0) is 6.61 Å². The van der Waals surface area contributed by atoms with Crippen molar-refractivity contribution in [2.75, 3.05) is 26.4 Å². The molecule has 0 radical (unpaired) electrons. The van der Waals surface area contributed by atoms with E-state index in [-0.39, 0.29) is 49.4 Å². The minimum absolute atomic E-state index is 0.0117. The number of nitrogens with one attached hydrogen (secondary N) is 1. The second-order valence-corrected chi connectivity index (χ2v) is 8.95. The quantitative estimate of drug-likeness (QED) is 0.188. The van der Waals surface area contributed by atoms with Crippen LogP contribution in [0.2, 0.25) is 5.02 Å². The third kappa shape index (κ3) is 8.11. The number of aliphatic hydroxyl groups excluding tert-OH is 2. The van der Waals surface area contributed by atoms with Gasteiger partial charge in [-0.2, -0.15) is 5.10 Å². The van der Waals surface area contributed by atoms with Crippen molar-refractivity contribution in [1.82, 2.24) is 5.43 Å². The van der Waals surface area contributed by atoms with E-state index in [1.807, 2.05) is 12.1 Å². The van der Waals surface area contributed by atoms with Crippen LogP contribution in [0, 0.1) is 0 Å². The summed E-state index contributed by atoms with van der Waals surface area (Å²) < 4.78 is 17.5. The number of hydrogen-bond donors (Lipinski definition) is 4. The van der Waals surface area contributed by atoms with Crippen molar-refractivity contribution in [2.24, 2.45) is 5.10 Å². The van der Waals surface area contributed by atoms with E-state index < -0.39 is 5.91 Å². The van der Waals surface area contributed by atoms with Gasteiger partial charge < -0.3 is 29.5 Å².